The van der Waals surface area contributed by atoms with Gasteiger partial charge in [-0.1, -0.05) is 11.6 Å². The quantitative estimate of drug-likeness (QED) is 0.396. The number of hydrogen-bond acceptors (Lipinski definition) is 9. The summed E-state index contributed by atoms with van der Waals surface area (Å²) in [6, 6.07) is 4.19. The molecular formula is C26H29ClFN9O3. The van der Waals surface area contributed by atoms with Gasteiger partial charge in [0, 0.05) is 31.1 Å². The number of anilines is 3. The van der Waals surface area contributed by atoms with E-state index in [2.05, 4.69) is 20.6 Å². The lowest BCUT2D eigenvalue weighted by atomic mass is 9.85. The van der Waals surface area contributed by atoms with E-state index in [1.54, 1.807) is 11.1 Å². The van der Waals surface area contributed by atoms with Crippen molar-refractivity contribution >= 4 is 52.3 Å². The van der Waals surface area contributed by atoms with E-state index in [1.165, 1.54) is 13.2 Å². The topological polar surface area (TPSA) is 164 Å². The Morgan fingerprint density at radius 2 is 2.00 bits per heavy atom. The number of fused-ring (bicyclic) bond motifs is 1. The average molecular weight is 570 g/mol. The maximum Gasteiger partial charge on any atom is 0.409 e. The van der Waals surface area contributed by atoms with E-state index in [4.69, 9.17) is 32.3 Å². The van der Waals surface area contributed by atoms with Crippen LogP contribution in [0.2, 0.25) is 5.02 Å². The lowest BCUT2D eigenvalue weighted by Gasteiger charge is -2.32. The Labute approximate surface area is 234 Å². The van der Waals surface area contributed by atoms with Crippen molar-refractivity contribution < 1.29 is 18.7 Å². The van der Waals surface area contributed by atoms with Crippen molar-refractivity contribution in [3.63, 3.8) is 0 Å². The van der Waals surface area contributed by atoms with Gasteiger partial charge in [0.25, 0.3) is 0 Å². The number of carbonyl (C=O) groups excluding carboxylic acids is 2. The predicted octanol–water partition coefficient (Wildman–Crippen LogP) is 4.09. The fraction of sp³-hybridized carbons (Fsp3) is 0.462. The summed E-state index contributed by atoms with van der Waals surface area (Å²) in [5.41, 5.74) is 6.63. The highest BCUT2D eigenvalue weighted by atomic mass is 35.5. The molecule has 1 aromatic carbocycles. The molecular weight excluding hydrogens is 541 g/mol. The number of benzene rings is 1. The number of ether oxygens (including phenoxy) is 1. The van der Waals surface area contributed by atoms with Crippen LogP contribution in [-0.2, 0) is 9.53 Å². The van der Waals surface area contributed by atoms with Gasteiger partial charge in [0.1, 0.15) is 11.3 Å². The highest BCUT2D eigenvalue weighted by molar-refractivity contribution is 6.33. The molecule has 1 aliphatic heterocycles. The van der Waals surface area contributed by atoms with Gasteiger partial charge in [0.05, 0.1) is 35.6 Å². The van der Waals surface area contributed by atoms with Crippen molar-refractivity contribution in [2.75, 3.05) is 30.8 Å². The number of aromatic nitrogens is 4. The number of imidazole rings is 1. The maximum atomic E-state index is 14.9. The summed E-state index contributed by atoms with van der Waals surface area (Å²) in [7, 11) is 1.36. The number of nitrogens with one attached hydrogen (secondary N) is 2. The lowest BCUT2D eigenvalue weighted by molar-refractivity contribution is -0.122. The molecule has 40 heavy (non-hydrogen) atoms. The van der Waals surface area contributed by atoms with E-state index < -0.39 is 5.82 Å². The van der Waals surface area contributed by atoms with Crippen molar-refractivity contribution in [3.8, 4) is 6.07 Å². The van der Waals surface area contributed by atoms with Crippen LogP contribution in [0.25, 0.3) is 11.2 Å². The van der Waals surface area contributed by atoms with E-state index in [9.17, 15) is 14.0 Å². The maximum absolute atomic E-state index is 14.9. The molecule has 0 radical (unpaired) electrons. The Morgan fingerprint density at radius 3 is 2.67 bits per heavy atom. The molecule has 0 spiro atoms. The summed E-state index contributed by atoms with van der Waals surface area (Å²) in [5.74, 6) is -0.542. The van der Waals surface area contributed by atoms with Gasteiger partial charge in [-0.2, -0.15) is 10.2 Å². The number of nitrogens with two attached hydrogens (primary N) is 1. The second-order valence-corrected chi connectivity index (χ2v) is 10.5. The molecule has 3 aromatic rings. The van der Waals surface area contributed by atoms with Crippen molar-refractivity contribution in [3.05, 3.63) is 34.7 Å². The summed E-state index contributed by atoms with van der Waals surface area (Å²) in [5, 5.41) is 15.5. The minimum atomic E-state index is -0.694. The van der Waals surface area contributed by atoms with Gasteiger partial charge in [-0.15, -0.1) is 0 Å². The number of nitrogens with zero attached hydrogens (tertiary/aromatic N) is 6. The number of carbonyl (C=O) groups is 2. The van der Waals surface area contributed by atoms with Gasteiger partial charge in [-0.25, -0.2) is 19.2 Å². The number of primary amides is 1. The Hall–Kier alpha value is -4.18. The number of piperidine rings is 1. The molecule has 4 N–H and O–H groups in total. The fourth-order valence-corrected chi connectivity index (χ4v) is 5.71. The Kier molecular flexibility index (Phi) is 7.88. The number of amides is 2. The van der Waals surface area contributed by atoms with Crippen LogP contribution in [0.1, 0.15) is 50.1 Å². The second kappa shape index (κ2) is 11.5. The van der Waals surface area contributed by atoms with Crippen LogP contribution in [0.3, 0.4) is 0 Å². The standard InChI is InChI=1S/C26H29ClFN9O3/c1-40-26(39)36-8-2-3-16(13-36)32-24-31-12-20-23(35-24)37(17-6-4-15(5-7-17)22(30)38)25(33-20)34-21-18(27)9-14(11-29)10-19(21)28/h9-10,12,15-17H,2-8,13H2,1H3,(H2,30,38)(H,33,34)(H,31,32,35)/t15-,16-,17-/m1/s1. The van der Waals surface area contributed by atoms with E-state index in [0.29, 0.717) is 61.8 Å². The second-order valence-electron chi connectivity index (χ2n) is 10.1. The first-order valence-electron chi connectivity index (χ1n) is 13.1. The number of nitriles is 1. The first kappa shape index (κ1) is 27.4. The van der Waals surface area contributed by atoms with Crippen LogP contribution >= 0.6 is 11.6 Å². The first-order chi connectivity index (χ1) is 19.3. The largest absolute Gasteiger partial charge is 0.453 e. The van der Waals surface area contributed by atoms with Crippen LogP contribution in [-0.4, -0.2) is 62.7 Å². The molecule has 210 valence electrons. The average Bonchev–Trinajstić information content (AvgIpc) is 3.31. The van der Waals surface area contributed by atoms with Crippen molar-refractivity contribution in [2.45, 2.75) is 50.6 Å². The zero-order valence-corrected chi connectivity index (χ0v) is 22.6. The third kappa shape index (κ3) is 5.58. The van der Waals surface area contributed by atoms with Crippen LogP contribution in [0.15, 0.2) is 18.3 Å². The van der Waals surface area contributed by atoms with Crippen LogP contribution in [0, 0.1) is 23.1 Å². The highest BCUT2D eigenvalue weighted by Crippen LogP contribution is 2.38. The molecule has 1 saturated carbocycles. The van der Waals surface area contributed by atoms with Gasteiger partial charge < -0.3 is 26.0 Å². The minimum Gasteiger partial charge on any atom is -0.453 e. The van der Waals surface area contributed by atoms with Crippen LogP contribution < -0.4 is 16.4 Å². The van der Waals surface area contributed by atoms with Gasteiger partial charge in [-0.05, 0) is 50.7 Å². The predicted molar refractivity (Wildman–Crippen MR) is 146 cm³/mol. The van der Waals surface area contributed by atoms with E-state index in [1.807, 2.05) is 10.6 Å². The molecule has 1 aliphatic carbocycles. The molecule has 2 aliphatic rings. The molecule has 2 aromatic heterocycles. The molecule has 3 heterocycles. The normalized spacial score (nSPS) is 21.1. The number of methoxy groups -OCH3 is 1. The zero-order valence-electron chi connectivity index (χ0n) is 21.9. The van der Waals surface area contributed by atoms with Gasteiger partial charge in [-0.3, -0.25) is 9.36 Å². The molecule has 0 bridgehead atoms. The smallest absolute Gasteiger partial charge is 0.409 e. The van der Waals surface area contributed by atoms with E-state index in [0.717, 1.165) is 18.9 Å². The molecule has 0 unspecified atom stereocenters. The summed E-state index contributed by atoms with van der Waals surface area (Å²) < 4.78 is 21.7. The molecule has 2 fully saturated rings. The van der Waals surface area contributed by atoms with Gasteiger partial charge in [0.2, 0.25) is 17.8 Å². The molecule has 1 atom stereocenters. The van der Waals surface area contributed by atoms with Crippen LogP contribution in [0.4, 0.5) is 26.8 Å². The Balaban J connectivity index is 1.49. The van der Waals surface area contributed by atoms with Crippen LogP contribution in [0.5, 0.6) is 0 Å². The summed E-state index contributed by atoms with van der Waals surface area (Å²) in [4.78, 5) is 39.3. The van der Waals surface area contributed by atoms with E-state index in [-0.39, 0.29) is 46.3 Å². The monoisotopic (exact) mass is 569 g/mol. The Morgan fingerprint density at radius 1 is 1.23 bits per heavy atom. The number of likely N-dealkylation sites (tertiary alicyclic amines) is 1. The van der Waals surface area contributed by atoms with E-state index >= 15 is 0 Å². The summed E-state index contributed by atoms with van der Waals surface area (Å²) in [6.07, 6.45) is 5.33. The zero-order chi connectivity index (χ0) is 28.4. The fourth-order valence-electron chi connectivity index (χ4n) is 5.45. The molecule has 14 heteroatoms. The first-order valence-corrected chi connectivity index (χ1v) is 13.4. The minimum absolute atomic E-state index is 0.0144. The SMILES string of the molecule is COC(=O)N1CCC[C@@H](Nc2ncc3nc(Nc4c(F)cc(C#N)cc4Cl)n([C@H]4CC[C@H](C(N)=O)CC4)c3n2)C1. The Bertz CT molecular complexity index is 1460. The van der Waals surface area contributed by atoms with Gasteiger partial charge in [0.15, 0.2) is 5.65 Å². The molecule has 12 nitrogen and oxygen atoms in total. The molecule has 5 rings (SSSR count). The number of hydrogen-bond donors (Lipinski definition) is 3. The highest BCUT2D eigenvalue weighted by Gasteiger charge is 2.30. The van der Waals surface area contributed by atoms with Gasteiger partial charge >= 0.3 is 6.09 Å². The lowest BCUT2D eigenvalue weighted by Crippen LogP contribution is -2.45. The molecule has 2 amide bonds. The summed E-state index contributed by atoms with van der Waals surface area (Å²) >= 11 is 6.32. The van der Waals surface area contributed by atoms with Crippen molar-refractivity contribution in [2.24, 2.45) is 11.7 Å². The summed E-state index contributed by atoms with van der Waals surface area (Å²) in [6.45, 7) is 1.07. The molecule has 1 saturated heterocycles. The van der Waals surface area contributed by atoms with Crippen molar-refractivity contribution in [1.82, 2.24) is 24.4 Å². The number of rotatable bonds is 6. The third-order valence-electron chi connectivity index (χ3n) is 7.49. The van der Waals surface area contributed by atoms with Crippen molar-refractivity contribution in [1.29, 1.82) is 5.26 Å². The third-order valence-corrected chi connectivity index (χ3v) is 7.79. The number of halogens is 2.